The van der Waals surface area contributed by atoms with Gasteiger partial charge in [-0.15, -0.1) is 0 Å². The van der Waals surface area contributed by atoms with Crippen LogP contribution in [0, 0.1) is 6.92 Å². The van der Waals surface area contributed by atoms with Crippen LogP contribution in [0.1, 0.15) is 21.6 Å². The second kappa shape index (κ2) is 6.34. The lowest BCUT2D eigenvalue weighted by atomic mass is 10.1. The fourth-order valence-corrected chi connectivity index (χ4v) is 3.96. The zero-order chi connectivity index (χ0) is 20.1. The van der Waals surface area contributed by atoms with Crippen LogP contribution in [-0.2, 0) is 13.0 Å². The lowest BCUT2D eigenvalue weighted by Gasteiger charge is -2.12. The highest BCUT2D eigenvalue weighted by atomic mass is 16.3. The van der Waals surface area contributed by atoms with Crippen LogP contribution in [0.25, 0.3) is 16.6 Å². The summed E-state index contributed by atoms with van der Waals surface area (Å²) in [5.74, 6) is -0.523. The average Bonchev–Trinajstić information content (AvgIpc) is 3.31. The van der Waals surface area contributed by atoms with E-state index in [1.807, 2.05) is 49.4 Å². The molecule has 1 aliphatic heterocycles. The summed E-state index contributed by atoms with van der Waals surface area (Å²) in [6.07, 6.45) is 0.705. The van der Waals surface area contributed by atoms with Crippen LogP contribution in [-0.4, -0.2) is 25.4 Å². The molecule has 0 saturated carbocycles. The summed E-state index contributed by atoms with van der Waals surface area (Å²) in [6.45, 7) is 2.32. The number of aryl methyl sites for hydroxylation is 3. The van der Waals surface area contributed by atoms with E-state index in [1.54, 1.807) is 21.4 Å². The first-order valence-electron chi connectivity index (χ1n) is 9.35. The minimum atomic E-state index is -0.660. The second-order valence-corrected chi connectivity index (χ2v) is 7.12. The van der Waals surface area contributed by atoms with Crippen molar-refractivity contribution in [3.05, 3.63) is 81.8 Å². The van der Waals surface area contributed by atoms with Crippen molar-refractivity contribution in [1.82, 2.24) is 14.3 Å². The number of amides is 1. The van der Waals surface area contributed by atoms with Crippen molar-refractivity contribution in [3.63, 3.8) is 0 Å². The van der Waals surface area contributed by atoms with Gasteiger partial charge in [-0.05, 0) is 37.1 Å². The summed E-state index contributed by atoms with van der Waals surface area (Å²) < 4.78 is 3.17. The summed E-state index contributed by atoms with van der Waals surface area (Å²) in [5, 5.41) is 18.4. The van der Waals surface area contributed by atoms with Gasteiger partial charge in [0.25, 0.3) is 11.5 Å². The van der Waals surface area contributed by atoms with E-state index in [-0.39, 0.29) is 11.3 Å². The van der Waals surface area contributed by atoms with E-state index >= 15 is 0 Å². The van der Waals surface area contributed by atoms with Gasteiger partial charge in [0, 0.05) is 18.0 Å². The Morgan fingerprint density at radius 3 is 2.72 bits per heavy atom. The first-order chi connectivity index (χ1) is 14.0. The molecule has 4 aromatic rings. The maximum Gasteiger partial charge on any atom is 0.267 e. The molecular formula is C22H18N4O3. The molecule has 5 rings (SSSR count). The molecule has 2 N–H and O–H groups in total. The molecule has 0 aliphatic carbocycles. The number of benzene rings is 2. The molecule has 1 amide bonds. The summed E-state index contributed by atoms with van der Waals surface area (Å²) in [6, 6.07) is 16.6. The third-order valence-corrected chi connectivity index (χ3v) is 5.25. The standard InChI is InChI=1S/C22H18N4O3/c1-13-12-17(26(24-13)15-7-3-2-4-8-15)23-21(28)18-20(27)16-9-5-6-14-10-11-25(19(14)16)22(18)29/h2-9,12,27H,10-11H2,1H3,(H,23,28). The van der Waals surface area contributed by atoms with Gasteiger partial charge >= 0.3 is 0 Å². The molecule has 0 fully saturated rings. The molecule has 2 aromatic carbocycles. The van der Waals surface area contributed by atoms with Gasteiger partial charge in [0.15, 0.2) is 0 Å². The number of carbonyl (C=O) groups is 1. The molecule has 2 aromatic heterocycles. The highest BCUT2D eigenvalue weighted by Crippen LogP contribution is 2.32. The van der Waals surface area contributed by atoms with Crippen LogP contribution in [0.15, 0.2) is 59.4 Å². The maximum atomic E-state index is 13.1. The Labute approximate surface area is 165 Å². The Morgan fingerprint density at radius 2 is 1.93 bits per heavy atom. The van der Waals surface area contributed by atoms with Crippen molar-refractivity contribution in [2.24, 2.45) is 0 Å². The molecule has 144 valence electrons. The van der Waals surface area contributed by atoms with Crippen molar-refractivity contribution >= 4 is 22.6 Å². The molecule has 0 bridgehead atoms. The summed E-state index contributed by atoms with van der Waals surface area (Å²) in [7, 11) is 0. The van der Waals surface area contributed by atoms with Crippen LogP contribution in [0.5, 0.6) is 5.75 Å². The summed E-state index contributed by atoms with van der Waals surface area (Å²) in [5.41, 5.74) is 2.46. The van der Waals surface area contributed by atoms with E-state index < -0.39 is 11.5 Å². The van der Waals surface area contributed by atoms with Gasteiger partial charge in [-0.25, -0.2) is 4.68 Å². The highest BCUT2D eigenvalue weighted by molar-refractivity contribution is 6.09. The Bertz CT molecular complexity index is 1340. The maximum absolute atomic E-state index is 13.1. The quantitative estimate of drug-likeness (QED) is 0.566. The Kier molecular flexibility index (Phi) is 3.77. The zero-order valence-corrected chi connectivity index (χ0v) is 15.7. The monoisotopic (exact) mass is 386 g/mol. The van der Waals surface area contributed by atoms with Gasteiger partial charge in [-0.2, -0.15) is 5.10 Å². The smallest absolute Gasteiger partial charge is 0.267 e. The van der Waals surface area contributed by atoms with Gasteiger partial charge in [0.2, 0.25) is 0 Å². The Balaban J connectivity index is 1.61. The Morgan fingerprint density at radius 1 is 1.14 bits per heavy atom. The van der Waals surface area contributed by atoms with E-state index in [1.165, 1.54) is 0 Å². The van der Waals surface area contributed by atoms with E-state index in [0.29, 0.717) is 35.4 Å². The minimum Gasteiger partial charge on any atom is -0.506 e. The Hall–Kier alpha value is -3.87. The molecule has 1 aliphatic rings. The van der Waals surface area contributed by atoms with E-state index in [4.69, 9.17) is 0 Å². The van der Waals surface area contributed by atoms with Crippen molar-refractivity contribution < 1.29 is 9.90 Å². The fourth-order valence-electron chi connectivity index (χ4n) is 3.96. The topological polar surface area (TPSA) is 89.1 Å². The first-order valence-corrected chi connectivity index (χ1v) is 9.35. The number of aromatic hydroxyl groups is 1. The number of para-hydroxylation sites is 2. The number of carbonyl (C=O) groups excluding carboxylic acids is 1. The SMILES string of the molecule is Cc1cc(NC(=O)c2c(O)c3cccc4c3n(c2=O)CC4)n(-c2ccccc2)n1. The number of anilines is 1. The van der Waals surface area contributed by atoms with Gasteiger partial charge in [-0.1, -0.05) is 30.3 Å². The van der Waals surface area contributed by atoms with Crippen LogP contribution in [0.3, 0.4) is 0 Å². The normalized spacial score (nSPS) is 12.4. The molecule has 29 heavy (non-hydrogen) atoms. The third kappa shape index (κ3) is 2.62. The molecule has 0 unspecified atom stereocenters. The number of pyridine rings is 1. The molecular weight excluding hydrogens is 368 g/mol. The first kappa shape index (κ1) is 17.2. The molecule has 7 heteroatoms. The van der Waals surface area contributed by atoms with Crippen LogP contribution >= 0.6 is 0 Å². The molecule has 0 saturated heterocycles. The third-order valence-electron chi connectivity index (χ3n) is 5.25. The number of hydrogen-bond donors (Lipinski definition) is 2. The predicted molar refractivity (Wildman–Crippen MR) is 110 cm³/mol. The van der Waals surface area contributed by atoms with Crippen LogP contribution in [0.2, 0.25) is 0 Å². The lowest BCUT2D eigenvalue weighted by Crippen LogP contribution is -2.29. The fraction of sp³-hybridized carbons (Fsp3) is 0.136. The van der Waals surface area contributed by atoms with Crippen molar-refractivity contribution in [1.29, 1.82) is 0 Å². The number of aromatic nitrogens is 3. The van der Waals surface area contributed by atoms with Crippen molar-refractivity contribution in [2.45, 2.75) is 19.9 Å². The highest BCUT2D eigenvalue weighted by Gasteiger charge is 2.26. The van der Waals surface area contributed by atoms with Gasteiger partial charge in [0.05, 0.1) is 16.9 Å². The van der Waals surface area contributed by atoms with E-state index in [0.717, 1.165) is 11.3 Å². The van der Waals surface area contributed by atoms with Gasteiger partial charge in [0.1, 0.15) is 17.1 Å². The molecule has 7 nitrogen and oxygen atoms in total. The van der Waals surface area contributed by atoms with E-state index in [9.17, 15) is 14.7 Å². The number of nitrogens with one attached hydrogen (secondary N) is 1. The number of hydrogen-bond acceptors (Lipinski definition) is 4. The van der Waals surface area contributed by atoms with E-state index in [2.05, 4.69) is 10.4 Å². The number of nitrogens with zero attached hydrogens (tertiary/aromatic N) is 3. The predicted octanol–water partition coefficient (Wildman–Crippen LogP) is 3.01. The van der Waals surface area contributed by atoms with Gasteiger partial charge in [-0.3, -0.25) is 9.59 Å². The summed E-state index contributed by atoms with van der Waals surface area (Å²) >= 11 is 0. The summed E-state index contributed by atoms with van der Waals surface area (Å²) in [4.78, 5) is 26.0. The molecule has 0 spiro atoms. The number of rotatable bonds is 3. The second-order valence-electron chi connectivity index (χ2n) is 7.12. The minimum absolute atomic E-state index is 0.255. The molecule has 0 radical (unpaired) electrons. The van der Waals surface area contributed by atoms with Crippen LogP contribution in [0.4, 0.5) is 5.82 Å². The van der Waals surface area contributed by atoms with Crippen molar-refractivity contribution in [2.75, 3.05) is 5.32 Å². The average molecular weight is 386 g/mol. The van der Waals surface area contributed by atoms with Crippen molar-refractivity contribution in [3.8, 4) is 11.4 Å². The molecule has 3 heterocycles. The van der Waals surface area contributed by atoms with Gasteiger partial charge < -0.3 is 15.0 Å². The zero-order valence-electron chi connectivity index (χ0n) is 15.7. The lowest BCUT2D eigenvalue weighted by molar-refractivity contribution is 0.102. The largest absolute Gasteiger partial charge is 0.506 e. The van der Waals surface area contributed by atoms with Crippen LogP contribution < -0.4 is 10.9 Å². The molecule has 0 atom stereocenters.